The summed E-state index contributed by atoms with van der Waals surface area (Å²) in [7, 11) is 0. The molecule has 1 saturated heterocycles. The van der Waals surface area contributed by atoms with Crippen molar-refractivity contribution in [1.29, 1.82) is 0 Å². The van der Waals surface area contributed by atoms with Crippen LogP contribution in [0, 0.1) is 0 Å². The van der Waals surface area contributed by atoms with E-state index in [1.165, 1.54) is 6.42 Å². The number of carbonyl (C=O) groups is 1. The number of nitrogens with one attached hydrogen (secondary N) is 1. The van der Waals surface area contributed by atoms with Crippen LogP contribution in [-0.2, 0) is 4.79 Å². The summed E-state index contributed by atoms with van der Waals surface area (Å²) in [6, 6.07) is 1.35. The fourth-order valence-corrected chi connectivity index (χ4v) is 2.63. The molecule has 0 radical (unpaired) electrons. The van der Waals surface area contributed by atoms with Gasteiger partial charge in [-0.25, -0.2) is 9.97 Å². The summed E-state index contributed by atoms with van der Waals surface area (Å²) in [4.78, 5) is 22.9. The minimum Gasteiger partial charge on any atom is -0.358 e. The average molecular weight is 311 g/mol. The molecule has 6 heteroatoms. The molecular weight excluding hydrogens is 288 g/mol. The third-order valence-corrected chi connectivity index (χ3v) is 3.82. The van der Waals surface area contributed by atoms with Crippen LogP contribution in [-0.4, -0.2) is 39.9 Å². The Morgan fingerprint density at radius 3 is 2.52 bits per heavy atom. The van der Waals surface area contributed by atoms with E-state index in [4.69, 9.17) is 11.6 Å². The van der Waals surface area contributed by atoms with E-state index in [0.29, 0.717) is 16.8 Å². The Balaban J connectivity index is 2.04. The van der Waals surface area contributed by atoms with Gasteiger partial charge in [0.15, 0.2) is 0 Å². The Bertz CT molecular complexity index is 500. The summed E-state index contributed by atoms with van der Waals surface area (Å²) in [5, 5.41) is 3.55. The molecule has 5 nitrogen and oxygen atoms in total. The molecule has 0 aliphatic carbocycles. The highest BCUT2D eigenvalue weighted by molar-refractivity contribution is 6.29. The molecule has 1 amide bonds. The molecule has 0 aromatic carbocycles. The van der Waals surface area contributed by atoms with Crippen molar-refractivity contribution >= 4 is 23.3 Å². The lowest BCUT2D eigenvalue weighted by Crippen LogP contribution is -2.44. The quantitative estimate of drug-likeness (QED) is 0.868. The summed E-state index contributed by atoms with van der Waals surface area (Å²) in [5.74, 6) is 1.60. The summed E-state index contributed by atoms with van der Waals surface area (Å²) in [6.07, 6.45) is 3.40. The first-order chi connectivity index (χ1) is 9.97. The van der Waals surface area contributed by atoms with Crippen LogP contribution in [0.2, 0.25) is 5.15 Å². The van der Waals surface area contributed by atoms with Crippen LogP contribution in [0.4, 0.5) is 5.82 Å². The molecule has 21 heavy (non-hydrogen) atoms. The minimum atomic E-state index is -0.311. The van der Waals surface area contributed by atoms with Crippen LogP contribution < -0.4 is 5.32 Å². The molecule has 116 valence electrons. The number of nitrogens with zero attached hydrogens (tertiary/aromatic N) is 3. The van der Waals surface area contributed by atoms with Crippen LogP contribution in [0.1, 0.15) is 51.8 Å². The average Bonchev–Trinajstić information content (AvgIpc) is 2.46. The van der Waals surface area contributed by atoms with Crippen LogP contribution in [0.25, 0.3) is 0 Å². The van der Waals surface area contributed by atoms with E-state index in [-0.39, 0.29) is 17.9 Å². The highest BCUT2D eigenvalue weighted by atomic mass is 35.5. The molecule has 1 unspecified atom stereocenters. The predicted molar refractivity (Wildman–Crippen MR) is 84.6 cm³/mol. The summed E-state index contributed by atoms with van der Waals surface area (Å²) in [5.41, 5.74) is 0. The Hall–Kier alpha value is -1.36. The number of amides is 1. The Kier molecular flexibility index (Phi) is 5.39. The third-order valence-electron chi connectivity index (χ3n) is 3.63. The summed E-state index contributed by atoms with van der Waals surface area (Å²) < 4.78 is 0. The first-order valence-electron chi connectivity index (χ1n) is 7.57. The second-order valence-electron chi connectivity index (χ2n) is 5.84. The van der Waals surface area contributed by atoms with Gasteiger partial charge in [-0.15, -0.1) is 0 Å². The number of aromatic nitrogens is 2. The topological polar surface area (TPSA) is 58.1 Å². The summed E-state index contributed by atoms with van der Waals surface area (Å²) >= 11 is 6.02. The third kappa shape index (κ3) is 4.30. The van der Waals surface area contributed by atoms with E-state index in [2.05, 4.69) is 15.3 Å². The zero-order valence-corrected chi connectivity index (χ0v) is 13.7. The second-order valence-corrected chi connectivity index (χ2v) is 6.23. The normalized spacial score (nSPS) is 16.9. The van der Waals surface area contributed by atoms with Crippen LogP contribution >= 0.6 is 11.6 Å². The molecule has 2 heterocycles. The lowest BCUT2D eigenvalue weighted by Gasteiger charge is -2.29. The van der Waals surface area contributed by atoms with Crippen LogP contribution in [0.15, 0.2) is 6.07 Å². The smallest absolute Gasteiger partial charge is 0.244 e. The largest absolute Gasteiger partial charge is 0.358 e. The number of carbonyl (C=O) groups excluding carboxylic acids is 1. The van der Waals surface area contributed by atoms with Crippen molar-refractivity contribution in [3.05, 3.63) is 17.0 Å². The van der Waals surface area contributed by atoms with E-state index < -0.39 is 0 Å². The van der Waals surface area contributed by atoms with E-state index in [0.717, 1.165) is 25.9 Å². The highest BCUT2D eigenvalue weighted by Gasteiger charge is 2.22. The van der Waals surface area contributed by atoms with Crippen LogP contribution in [0.5, 0.6) is 0 Å². The van der Waals surface area contributed by atoms with Gasteiger partial charge in [0.25, 0.3) is 0 Å². The maximum Gasteiger partial charge on any atom is 0.244 e. The summed E-state index contributed by atoms with van der Waals surface area (Å²) in [6.45, 7) is 7.59. The van der Waals surface area contributed by atoms with Gasteiger partial charge in [-0.3, -0.25) is 4.79 Å². The van der Waals surface area contributed by atoms with Gasteiger partial charge in [0, 0.05) is 25.1 Å². The molecular formula is C15H23ClN4O. The van der Waals surface area contributed by atoms with E-state index in [1.54, 1.807) is 6.07 Å². The number of halogens is 1. The predicted octanol–water partition coefficient (Wildman–Crippen LogP) is 3.07. The maximum absolute atomic E-state index is 12.4. The van der Waals surface area contributed by atoms with Gasteiger partial charge in [-0.2, -0.15) is 0 Å². The maximum atomic E-state index is 12.4. The van der Waals surface area contributed by atoms with Gasteiger partial charge in [0.05, 0.1) is 0 Å². The highest BCUT2D eigenvalue weighted by Crippen LogP contribution is 2.18. The standard InChI is InChI=1S/C15H23ClN4O/c1-10(2)14-18-12(16)9-13(19-14)17-11(3)15(21)20-7-5-4-6-8-20/h9-11H,4-8H2,1-3H3,(H,17,18,19). The van der Waals surface area contributed by atoms with Gasteiger partial charge in [-0.05, 0) is 26.2 Å². The van der Waals surface area contributed by atoms with Gasteiger partial charge in [0.1, 0.15) is 22.8 Å². The number of anilines is 1. The first-order valence-corrected chi connectivity index (χ1v) is 7.95. The Morgan fingerprint density at radius 1 is 1.24 bits per heavy atom. The lowest BCUT2D eigenvalue weighted by atomic mass is 10.1. The molecule has 1 fully saturated rings. The fraction of sp³-hybridized carbons (Fsp3) is 0.667. The number of likely N-dealkylation sites (tertiary alicyclic amines) is 1. The van der Waals surface area contributed by atoms with Crippen molar-refractivity contribution in [1.82, 2.24) is 14.9 Å². The van der Waals surface area contributed by atoms with Gasteiger partial charge in [-0.1, -0.05) is 25.4 Å². The van der Waals surface area contributed by atoms with E-state index in [9.17, 15) is 4.79 Å². The Morgan fingerprint density at radius 2 is 1.90 bits per heavy atom. The molecule has 1 aliphatic heterocycles. The fourth-order valence-electron chi connectivity index (χ4n) is 2.44. The van der Waals surface area contributed by atoms with Crippen molar-refractivity contribution < 1.29 is 4.79 Å². The molecule has 0 spiro atoms. The molecule has 0 bridgehead atoms. The molecule has 1 aliphatic rings. The first kappa shape index (κ1) is 16.0. The molecule has 1 N–H and O–H groups in total. The monoisotopic (exact) mass is 310 g/mol. The molecule has 2 rings (SSSR count). The Labute approximate surface area is 131 Å². The molecule has 0 saturated carbocycles. The number of rotatable bonds is 4. The van der Waals surface area contributed by atoms with Crippen molar-refractivity contribution in [3.8, 4) is 0 Å². The van der Waals surface area contributed by atoms with Crippen molar-refractivity contribution in [2.24, 2.45) is 0 Å². The van der Waals surface area contributed by atoms with E-state index in [1.807, 2.05) is 25.7 Å². The van der Waals surface area contributed by atoms with Gasteiger partial charge >= 0.3 is 0 Å². The second kappa shape index (κ2) is 7.07. The SMILES string of the molecule is CC(Nc1cc(Cl)nc(C(C)C)n1)C(=O)N1CCCCC1. The van der Waals surface area contributed by atoms with E-state index >= 15 is 0 Å². The molecule has 1 aromatic rings. The van der Waals surface area contributed by atoms with Gasteiger partial charge in [0.2, 0.25) is 5.91 Å². The van der Waals surface area contributed by atoms with Crippen molar-refractivity contribution in [2.75, 3.05) is 18.4 Å². The number of piperidine rings is 1. The van der Waals surface area contributed by atoms with Crippen LogP contribution in [0.3, 0.4) is 0 Å². The molecule has 1 atom stereocenters. The van der Waals surface area contributed by atoms with Crippen molar-refractivity contribution in [2.45, 2.75) is 52.0 Å². The van der Waals surface area contributed by atoms with Gasteiger partial charge < -0.3 is 10.2 Å². The number of hydrogen-bond donors (Lipinski definition) is 1. The minimum absolute atomic E-state index is 0.121. The zero-order chi connectivity index (χ0) is 15.4. The number of hydrogen-bond acceptors (Lipinski definition) is 4. The zero-order valence-electron chi connectivity index (χ0n) is 12.9. The lowest BCUT2D eigenvalue weighted by molar-refractivity contribution is -0.132. The molecule has 1 aromatic heterocycles. The van der Waals surface area contributed by atoms with Crippen molar-refractivity contribution in [3.63, 3.8) is 0 Å².